The Kier molecular flexibility index (Phi) is 3.82. The van der Waals surface area contributed by atoms with Crippen molar-refractivity contribution in [2.75, 3.05) is 6.26 Å². The molecule has 1 aromatic heterocycles. The van der Waals surface area contributed by atoms with E-state index in [1.807, 2.05) is 6.92 Å². The summed E-state index contributed by atoms with van der Waals surface area (Å²) in [6, 6.07) is 10.5. The van der Waals surface area contributed by atoms with Gasteiger partial charge in [-0.25, -0.2) is 4.98 Å². The highest BCUT2D eigenvalue weighted by Gasteiger charge is 2.08. The number of thioether (sulfide) groups is 1. The van der Waals surface area contributed by atoms with Gasteiger partial charge in [0.1, 0.15) is 5.01 Å². The lowest BCUT2D eigenvalue weighted by molar-refractivity contribution is 1.18. The molecule has 0 aliphatic rings. The molecule has 1 aromatic carbocycles. The molecule has 0 aliphatic heterocycles. The lowest BCUT2D eigenvalue weighted by Crippen LogP contribution is -1.80. The van der Waals surface area contributed by atoms with Gasteiger partial charge in [-0.1, -0.05) is 12.1 Å². The summed E-state index contributed by atoms with van der Waals surface area (Å²) in [6.45, 7) is 1.96. The van der Waals surface area contributed by atoms with E-state index in [4.69, 9.17) is 5.26 Å². The van der Waals surface area contributed by atoms with E-state index in [9.17, 15) is 0 Å². The van der Waals surface area contributed by atoms with Gasteiger partial charge in [0.05, 0.1) is 18.2 Å². The molecule has 0 spiro atoms. The molecule has 0 amide bonds. The highest BCUT2D eigenvalue weighted by molar-refractivity contribution is 7.98. The van der Waals surface area contributed by atoms with Crippen LogP contribution < -0.4 is 0 Å². The second-order valence-corrected chi connectivity index (χ2v) is 5.55. The Balaban J connectivity index is 2.33. The van der Waals surface area contributed by atoms with Crippen molar-refractivity contribution in [3.63, 3.8) is 0 Å². The first-order valence-electron chi connectivity index (χ1n) is 5.22. The normalized spacial score (nSPS) is 10.2. The van der Waals surface area contributed by atoms with Crippen molar-refractivity contribution in [3.05, 3.63) is 34.8 Å². The van der Waals surface area contributed by atoms with Gasteiger partial charge in [0.25, 0.3) is 0 Å². The number of nitrogens with zero attached hydrogens (tertiary/aromatic N) is 2. The second-order valence-electron chi connectivity index (χ2n) is 3.59. The molecule has 2 rings (SSSR count). The lowest BCUT2D eigenvalue weighted by atomic mass is 10.2. The Morgan fingerprint density at radius 1 is 1.35 bits per heavy atom. The fraction of sp³-hybridized carbons (Fsp3) is 0.231. The van der Waals surface area contributed by atoms with Crippen molar-refractivity contribution in [1.29, 1.82) is 5.26 Å². The molecular formula is C13H12N2S2. The number of rotatable bonds is 3. The van der Waals surface area contributed by atoms with Gasteiger partial charge in [-0.05, 0) is 25.3 Å². The third-order valence-corrected chi connectivity index (χ3v) is 4.42. The lowest BCUT2D eigenvalue weighted by Gasteiger charge is -1.98. The summed E-state index contributed by atoms with van der Waals surface area (Å²) in [4.78, 5) is 6.83. The number of hydrogen-bond acceptors (Lipinski definition) is 4. The SMILES string of the molecule is CSc1ccc(-c2nc(C)c(CC#N)s2)cc1. The monoisotopic (exact) mass is 260 g/mol. The van der Waals surface area contributed by atoms with Gasteiger partial charge in [0.15, 0.2) is 0 Å². The first-order chi connectivity index (χ1) is 8.24. The fourth-order valence-electron chi connectivity index (χ4n) is 1.52. The third kappa shape index (κ3) is 2.68. The number of benzene rings is 1. The van der Waals surface area contributed by atoms with E-state index >= 15 is 0 Å². The summed E-state index contributed by atoms with van der Waals surface area (Å²) in [5, 5.41) is 9.72. The smallest absolute Gasteiger partial charge is 0.123 e. The molecular weight excluding hydrogens is 248 g/mol. The van der Waals surface area contributed by atoms with Gasteiger partial charge in [-0.15, -0.1) is 23.1 Å². The Labute approximate surface area is 109 Å². The van der Waals surface area contributed by atoms with Crippen LogP contribution in [0.15, 0.2) is 29.2 Å². The standard InChI is InChI=1S/C13H12N2S2/c1-9-12(7-8-14)17-13(15-9)10-3-5-11(16-2)6-4-10/h3-6H,7H2,1-2H3. The van der Waals surface area contributed by atoms with E-state index in [2.05, 4.69) is 41.6 Å². The topological polar surface area (TPSA) is 36.7 Å². The van der Waals surface area contributed by atoms with Crippen LogP contribution in [-0.2, 0) is 6.42 Å². The zero-order valence-corrected chi connectivity index (χ0v) is 11.4. The van der Waals surface area contributed by atoms with Crippen LogP contribution in [0, 0.1) is 18.3 Å². The van der Waals surface area contributed by atoms with Crippen LogP contribution >= 0.6 is 23.1 Å². The molecule has 86 valence electrons. The summed E-state index contributed by atoms with van der Waals surface area (Å²) in [7, 11) is 0. The number of thiazole rings is 1. The molecule has 0 aliphatic carbocycles. The number of aryl methyl sites for hydroxylation is 1. The number of hydrogen-bond donors (Lipinski definition) is 0. The molecule has 0 saturated heterocycles. The van der Waals surface area contributed by atoms with Gasteiger partial charge < -0.3 is 0 Å². The van der Waals surface area contributed by atoms with Crippen molar-refractivity contribution in [2.24, 2.45) is 0 Å². The molecule has 0 fully saturated rings. The van der Waals surface area contributed by atoms with Crippen LogP contribution in [0.1, 0.15) is 10.6 Å². The van der Waals surface area contributed by atoms with Crippen molar-refractivity contribution >= 4 is 23.1 Å². The van der Waals surface area contributed by atoms with Gasteiger partial charge in [-0.3, -0.25) is 0 Å². The van der Waals surface area contributed by atoms with Crippen LogP contribution in [0.3, 0.4) is 0 Å². The van der Waals surface area contributed by atoms with E-state index in [-0.39, 0.29) is 0 Å². The molecule has 1 heterocycles. The largest absolute Gasteiger partial charge is 0.241 e. The number of aromatic nitrogens is 1. The Bertz CT molecular complexity index is 550. The van der Waals surface area contributed by atoms with Crippen molar-refractivity contribution in [1.82, 2.24) is 4.98 Å². The minimum Gasteiger partial charge on any atom is -0.241 e. The maximum absolute atomic E-state index is 8.72. The van der Waals surface area contributed by atoms with Crippen LogP contribution in [-0.4, -0.2) is 11.2 Å². The highest BCUT2D eigenvalue weighted by Crippen LogP contribution is 2.29. The molecule has 0 N–H and O–H groups in total. The molecule has 17 heavy (non-hydrogen) atoms. The van der Waals surface area contributed by atoms with Gasteiger partial charge in [0.2, 0.25) is 0 Å². The van der Waals surface area contributed by atoms with Crippen molar-refractivity contribution in [2.45, 2.75) is 18.2 Å². The molecule has 2 nitrogen and oxygen atoms in total. The minimum absolute atomic E-state index is 0.451. The Morgan fingerprint density at radius 2 is 2.06 bits per heavy atom. The van der Waals surface area contributed by atoms with Crippen molar-refractivity contribution in [3.8, 4) is 16.6 Å². The van der Waals surface area contributed by atoms with Crippen LogP contribution in [0.2, 0.25) is 0 Å². The summed E-state index contributed by atoms with van der Waals surface area (Å²) in [5.74, 6) is 0. The summed E-state index contributed by atoms with van der Waals surface area (Å²) >= 11 is 3.34. The van der Waals surface area contributed by atoms with Gasteiger partial charge >= 0.3 is 0 Å². The highest BCUT2D eigenvalue weighted by atomic mass is 32.2. The second kappa shape index (κ2) is 5.35. The Morgan fingerprint density at radius 3 is 2.65 bits per heavy atom. The average molecular weight is 260 g/mol. The molecule has 2 aromatic rings. The van der Waals surface area contributed by atoms with E-state index in [1.54, 1.807) is 23.1 Å². The summed E-state index contributed by atoms with van der Waals surface area (Å²) < 4.78 is 0. The zero-order chi connectivity index (χ0) is 12.3. The Hall–Kier alpha value is -1.31. The average Bonchev–Trinajstić information content (AvgIpc) is 2.72. The van der Waals surface area contributed by atoms with Crippen LogP contribution in [0.5, 0.6) is 0 Å². The van der Waals surface area contributed by atoms with E-state index in [0.717, 1.165) is 21.1 Å². The van der Waals surface area contributed by atoms with Gasteiger partial charge in [0, 0.05) is 15.3 Å². The molecule has 4 heteroatoms. The first-order valence-corrected chi connectivity index (χ1v) is 7.26. The molecule has 0 unspecified atom stereocenters. The maximum atomic E-state index is 8.72. The van der Waals surface area contributed by atoms with Crippen molar-refractivity contribution < 1.29 is 0 Å². The van der Waals surface area contributed by atoms with E-state index < -0.39 is 0 Å². The van der Waals surface area contributed by atoms with Gasteiger partial charge in [-0.2, -0.15) is 5.26 Å². The predicted molar refractivity (Wildman–Crippen MR) is 73.4 cm³/mol. The first kappa shape index (κ1) is 12.2. The summed E-state index contributed by atoms with van der Waals surface area (Å²) in [6.07, 6.45) is 2.51. The quantitative estimate of drug-likeness (QED) is 0.785. The predicted octanol–water partition coefficient (Wildman–Crippen LogP) is 3.91. The number of nitriles is 1. The minimum atomic E-state index is 0.451. The molecule has 0 radical (unpaired) electrons. The third-order valence-electron chi connectivity index (χ3n) is 2.47. The summed E-state index contributed by atoms with van der Waals surface area (Å²) in [5.41, 5.74) is 2.10. The maximum Gasteiger partial charge on any atom is 0.123 e. The zero-order valence-electron chi connectivity index (χ0n) is 9.73. The molecule has 0 atom stereocenters. The molecule has 0 saturated carbocycles. The van der Waals surface area contributed by atoms with E-state index in [0.29, 0.717) is 6.42 Å². The van der Waals surface area contributed by atoms with Crippen LogP contribution in [0.4, 0.5) is 0 Å². The fourth-order valence-corrected chi connectivity index (χ4v) is 2.93. The van der Waals surface area contributed by atoms with E-state index in [1.165, 1.54) is 4.90 Å². The molecule has 0 bridgehead atoms. The van der Waals surface area contributed by atoms with Crippen LogP contribution in [0.25, 0.3) is 10.6 Å².